The van der Waals surface area contributed by atoms with Crippen molar-refractivity contribution < 1.29 is 8.42 Å². The highest BCUT2D eigenvalue weighted by Crippen LogP contribution is 2.28. The molecule has 3 aromatic rings. The third-order valence-corrected chi connectivity index (χ3v) is 7.53. The van der Waals surface area contributed by atoms with Gasteiger partial charge in [0.05, 0.1) is 4.90 Å². The number of piperazine rings is 1. The monoisotopic (exact) mass is 415 g/mol. The highest BCUT2D eigenvalue weighted by Gasteiger charge is 2.30. The van der Waals surface area contributed by atoms with E-state index in [9.17, 15) is 8.42 Å². The van der Waals surface area contributed by atoms with Crippen LogP contribution in [-0.2, 0) is 10.0 Å². The summed E-state index contributed by atoms with van der Waals surface area (Å²) in [5.41, 5.74) is 1.72. The van der Waals surface area contributed by atoms with Crippen molar-refractivity contribution in [3.05, 3.63) is 64.8 Å². The predicted octanol–water partition coefficient (Wildman–Crippen LogP) is 4.02. The first kappa shape index (κ1) is 19.2. The molecule has 0 unspecified atom stereocenters. The molecule has 0 radical (unpaired) electrons. The Morgan fingerprint density at radius 2 is 1.68 bits per heavy atom. The summed E-state index contributed by atoms with van der Waals surface area (Å²) >= 11 is 6.35. The number of aryl methyl sites for hydroxylation is 2. The molecule has 1 saturated heterocycles. The topological polar surface area (TPSA) is 53.5 Å². The lowest BCUT2D eigenvalue weighted by atomic mass is 10.2. The molecule has 0 atom stereocenters. The summed E-state index contributed by atoms with van der Waals surface area (Å²) in [7, 11) is -3.50. The number of hydrogen-bond acceptors (Lipinski definition) is 4. The van der Waals surface area contributed by atoms with Crippen LogP contribution in [0.3, 0.4) is 0 Å². The van der Waals surface area contributed by atoms with Crippen molar-refractivity contribution in [1.82, 2.24) is 9.29 Å². The van der Waals surface area contributed by atoms with E-state index >= 15 is 0 Å². The van der Waals surface area contributed by atoms with Crippen LogP contribution in [0.5, 0.6) is 0 Å². The number of nitrogens with zero attached hydrogens (tertiary/aromatic N) is 3. The Balaban J connectivity index is 1.56. The molecular formula is C21H22ClN3O2S. The lowest BCUT2D eigenvalue weighted by molar-refractivity contribution is 0.383. The second kappa shape index (κ2) is 7.35. The van der Waals surface area contributed by atoms with Crippen LogP contribution in [0.25, 0.3) is 10.8 Å². The van der Waals surface area contributed by atoms with Crippen molar-refractivity contribution in [2.75, 3.05) is 31.1 Å². The lowest BCUT2D eigenvalue weighted by Gasteiger charge is -2.35. The minimum atomic E-state index is -3.50. The second-order valence-electron chi connectivity index (χ2n) is 7.15. The van der Waals surface area contributed by atoms with Gasteiger partial charge < -0.3 is 4.90 Å². The van der Waals surface area contributed by atoms with Crippen LogP contribution in [0.4, 0.5) is 5.82 Å². The predicted molar refractivity (Wildman–Crippen MR) is 114 cm³/mol. The van der Waals surface area contributed by atoms with E-state index in [-0.39, 0.29) is 0 Å². The first-order valence-electron chi connectivity index (χ1n) is 9.24. The van der Waals surface area contributed by atoms with Crippen molar-refractivity contribution in [3.8, 4) is 0 Å². The molecule has 1 aromatic heterocycles. The van der Waals surface area contributed by atoms with Crippen molar-refractivity contribution in [2.45, 2.75) is 18.7 Å². The maximum Gasteiger partial charge on any atom is 0.243 e. The first-order valence-corrected chi connectivity index (χ1v) is 11.1. The second-order valence-corrected chi connectivity index (χ2v) is 9.42. The molecule has 0 spiro atoms. The Labute approximate surface area is 170 Å². The van der Waals surface area contributed by atoms with Gasteiger partial charge in [0, 0.05) is 31.6 Å². The van der Waals surface area contributed by atoms with Crippen LogP contribution in [0.2, 0.25) is 5.15 Å². The molecule has 146 valence electrons. The molecule has 1 aliphatic heterocycles. The van der Waals surface area contributed by atoms with Gasteiger partial charge in [-0.2, -0.15) is 4.31 Å². The van der Waals surface area contributed by atoms with Gasteiger partial charge in [-0.25, -0.2) is 13.4 Å². The molecule has 1 fully saturated rings. The Hall–Kier alpha value is -2.15. The van der Waals surface area contributed by atoms with Gasteiger partial charge in [0.15, 0.2) is 0 Å². The molecular weight excluding hydrogens is 394 g/mol. The van der Waals surface area contributed by atoms with E-state index in [1.54, 1.807) is 10.4 Å². The summed E-state index contributed by atoms with van der Waals surface area (Å²) in [6, 6.07) is 15.4. The summed E-state index contributed by atoms with van der Waals surface area (Å²) in [6.07, 6.45) is 0. The number of aromatic nitrogens is 1. The molecule has 4 rings (SSSR count). The molecule has 1 aliphatic rings. The summed E-state index contributed by atoms with van der Waals surface area (Å²) < 4.78 is 27.8. The molecule has 7 heteroatoms. The highest BCUT2D eigenvalue weighted by atomic mass is 35.5. The van der Waals surface area contributed by atoms with E-state index in [1.807, 2.05) is 56.3 Å². The smallest absolute Gasteiger partial charge is 0.243 e. The number of halogens is 1. The fourth-order valence-electron chi connectivity index (χ4n) is 3.59. The van der Waals surface area contributed by atoms with Gasteiger partial charge in [-0.15, -0.1) is 0 Å². The third kappa shape index (κ3) is 3.48. The van der Waals surface area contributed by atoms with Gasteiger partial charge in [0.1, 0.15) is 11.0 Å². The zero-order valence-corrected chi connectivity index (χ0v) is 17.5. The number of anilines is 1. The molecule has 0 saturated carbocycles. The summed E-state index contributed by atoms with van der Waals surface area (Å²) in [6.45, 7) is 5.73. The normalized spacial score (nSPS) is 15.9. The Kier molecular flexibility index (Phi) is 5.04. The van der Waals surface area contributed by atoms with Crippen LogP contribution in [-0.4, -0.2) is 43.9 Å². The molecule has 2 aromatic carbocycles. The van der Waals surface area contributed by atoms with E-state index in [0.717, 1.165) is 27.7 Å². The summed E-state index contributed by atoms with van der Waals surface area (Å²) in [5, 5.41) is 2.42. The number of sulfonamides is 1. The fourth-order valence-corrected chi connectivity index (χ4v) is 5.58. The molecule has 0 bridgehead atoms. The first-order chi connectivity index (χ1) is 13.4. The van der Waals surface area contributed by atoms with Crippen molar-refractivity contribution in [3.63, 3.8) is 0 Å². The molecule has 0 aliphatic carbocycles. The molecule has 0 N–H and O–H groups in total. The van der Waals surface area contributed by atoms with Gasteiger partial charge >= 0.3 is 0 Å². The largest absolute Gasteiger partial charge is 0.354 e. The van der Waals surface area contributed by atoms with Gasteiger partial charge in [0.2, 0.25) is 10.0 Å². The Morgan fingerprint density at radius 1 is 0.964 bits per heavy atom. The van der Waals surface area contributed by atoms with Crippen molar-refractivity contribution in [2.24, 2.45) is 0 Å². The molecule has 28 heavy (non-hydrogen) atoms. The number of fused-ring (bicyclic) bond motifs is 1. The van der Waals surface area contributed by atoms with Crippen LogP contribution in [0.1, 0.15) is 11.1 Å². The average Bonchev–Trinajstić information content (AvgIpc) is 2.70. The Bertz CT molecular complexity index is 1140. The van der Waals surface area contributed by atoms with Gasteiger partial charge in [-0.05, 0) is 42.5 Å². The third-order valence-electron chi connectivity index (χ3n) is 5.20. The maximum absolute atomic E-state index is 13.1. The lowest BCUT2D eigenvalue weighted by Crippen LogP contribution is -2.49. The SMILES string of the molecule is Cc1ccc(C)c(S(=O)(=O)N2CCN(c3cc4ccccc4c(Cl)n3)CC2)c1. The quantitative estimate of drug-likeness (QED) is 0.606. The van der Waals surface area contributed by atoms with Crippen LogP contribution >= 0.6 is 11.6 Å². The molecule has 2 heterocycles. The average molecular weight is 416 g/mol. The van der Waals surface area contributed by atoms with Gasteiger partial charge in [-0.3, -0.25) is 0 Å². The van der Waals surface area contributed by atoms with Gasteiger partial charge in [-0.1, -0.05) is 48.0 Å². The number of pyridine rings is 1. The van der Waals surface area contributed by atoms with E-state index in [1.165, 1.54) is 0 Å². The van der Waals surface area contributed by atoms with Gasteiger partial charge in [0.25, 0.3) is 0 Å². The molecule has 0 amide bonds. The zero-order chi connectivity index (χ0) is 19.9. The number of hydrogen-bond donors (Lipinski definition) is 0. The fraction of sp³-hybridized carbons (Fsp3) is 0.286. The minimum absolute atomic E-state index is 0.396. The number of rotatable bonds is 3. The summed E-state index contributed by atoms with van der Waals surface area (Å²) in [5.74, 6) is 0.785. The zero-order valence-electron chi connectivity index (χ0n) is 15.9. The van der Waals surface area contributed by atoms with E-state index in [4.69, 9.17) is 11.6 Å². The molecule has 5 nitrogen and oxygen atoms in total. The van der Waals surface area contributed by atoms with Crippen molar-refractivity contribution >= 4 is 38.2 Å². The highest BCUT2D eigenvalue weighted by molar-refractivity contribution is 7.89. The maximum atomic E-state index is 13.1. The van der Waals surface area contributed by atoms with Crippen LogP contribution < -0.4 is 4.90 Å². The van der Waals surface area contributed by atoms with Crippen LogP contribution in [0, 0.1) is 13.8 Å². The summed E-state index contributed by atoms with van der Waals surface area (Å²) in [4.78, 5) is 7.01. The van der Waals surface area contributed by atoms with E-state index < -0.39 is 10.0 Å². The van der Waals surface area contributed by atoms with E-state index in [2.05, 4.69) is 9.88 Å². The Morgan fingerprint density at radius 3 is 2.43 bits per heavy atom. The standard InChI is InChI=1S/C21H22ClN3O2S/c1-15-7-8-16(2)19(13-15)28(26,27)25-11-9-24(10-12-25)20-14-17-5-3-4-6-18(17)21(22)23-20/h3-8,13-14H,9-12H2,1-2H3. The van der Waals surface area contributed by atoms with Crippen LogP contribution in [0.15, 0.2) is 53.4 Å². The van der Waals surface area contributed by atoms with Crippen molar-refractivity contribution in [1.29, 1.82) is 0 Å². The van der Waals surface area contributed by atoms with E-state index in [0.29, 0.717) is 36.2 Å². The minimum Gasteiger partial charge on any atom is -0.354 e. The number of benzene rings is 2.